The second kappa shape index (κ2) is 6.46. The molecule has 118 valence electrons. The first-order chi connectivity index (χ1) is 9.80. The van der Waals surface area contributed by atoms with E-state index in [-0.39, 0.29) is 17.2 Å². The monoisotopic (exact) mass is 310 g/mol. The van der Waals surface area contributed by atoms with E-state index < -0.39 is 10.0 Å². The van der Waals surface area contributed by atoms with Gasteiger partial charge in [0, 0.05) is 12.6 Å². The van der Waals surface area contributed by atoms with Crippen molar-refractivity contribution < 1.29 is 8.42 Å². The molecular weight excluding hydrogens is 284 g/mol. The lowest BCUT2D eigenvalue weighted by Crippen LogP contribution is -2.34. The van der Waals surface area contributed by atoms with E-state index >= 15 is 0 Å². The second-order valence-corrected chi connectivity index (χ2v) is 8.59. The quantitative estimate of drug-likeness (QED) is 0.848. The van der Waals surface area contributed by atoms with Crippen LogP contribution in [0.25, 0.3) is 0 Å². The molecule has 0 saturated heterocycles. The highest BCUT2D eigenvalue weighted by atomic mass is 32.2. The zero-order valence-electron chi connectivity index (χ0n) is 13.1. The predicted molar refractivity (Wildman–Crippen MR) is 86.4 cm³/mol. The zero-order chi connectivity index (χ0) is 15.5. The van der Waals surface area contributed by atoms with Gasteiger partial charge >= 0.3 is 0 Å². The Hall–Kier alpha value is -0.910. The van der Waals surface area contributed by atoms with E-state index in [1.807, 2.05) is 31.3 Å². The standard InChI is InChI=1S/C16H26N2O2S/c1-16(2)8-7-15(10-16)18-21(19,20)12-14-6-4-5-13(9-14)11-17-3/h4-6,9,15,17-18H,7-8,10-12H2,1-3H3. The van der Waals surface area contributed by atoms with Crippen LogP contribution in [0.2, 0.25) is 0 Å². The van der Waals surface area contributed by atoms with Crippen LogP contribution in [-0.2, 0) is 22.3 Å². The highest BCUT2D eigenvalue weighted by Gasteiger charge is 2.33. The van der Waals surface area contributed by atoms with Gasteiger partial charge in [0.05, 0.1) is 5.75 Å². The smallest absolute Gasteiger partial charge is 0.216 e. The summed E-state index contributed by atoms with van der Waals surface area (Å²) in [6, 6.07) is 7.83. The highest BCUT2D eigenvalue weighted by Crippen LogP contribution is 2.37. The van der Waals surface area contributed by atoms with Gasteiger partial charge in [-0.05, 0) is 42.9 Å². The molecule has 1 unspecified atom stereocenters. The Morgan fingerprint density at radius 3 is 2.62 bits per heavy atom. The van der Waals surface area contributed by atoms with Crippen LogP contribution in [0.4, 0.5) is 0 Å². The summed E-state index contributed by atoms with van der Waals surface area (Å²) >= 11 is 0. The van der Waals surface area contributed by atoms with Crippen LogP contribution < -0.4 is 10.0 Å². The third-order valence-corrected chi connectivity index (χ3v) is 5.45. The molecule has 0 aliphatic heterocycles. The normalized spacial score (nSPS) is 21.6. The summed E-state index contributed by atoms with van der Waals surface area (Å²) in [7, 11) is -1.39. The van der Waals surface area contributed by atoms with Crippen LogP contribution in [0.15, 0.2) is 24.3 Å². The molecule has 0 heterocycles. The fourth-order valence-corrected chi connectivity index (χ4v) is 4.50. The van der Waals surface area contributed by atoms with Crippen LogP contribution in [0.3, 0.4) is 0 Å². The first-order valence-corrected chi connectivity index (χ1v) is 9.17. The van der Waals surface area contributed by atoms with Gasteiger partial charge in [0.25, 0.3) is 0 Å². The Morgan fingerprint density at radius 2 is 2.00 bits per heavy atom. The van der Waals surface area contributed by atoms with Crippen molar-refractivity contribution in [3.05, 3.63) is 35.4 Å². The molecule has 1 aliphatic carbocycles. The number of nitrogens with one attached hydrogen (secondary N) is 2. The largest absolute Gasteiger partial charge is 0.316 e. The average Bonchev–Trinajstić information content (AvgIpc) is 2.68. The van der Waals surface area contributed by atoms with Crippen molar-refractivity contribution in [3.8, 4) is 0 Å². The molecule has 5 heteroatoms. The molecule has 1 saturated carbocycles. The molecule has 0 bridgehead atoms. The van der Waals surface area contributed by atoms with Crippen molar-refractivity contribution in [2.24, 2.45) is 5.41 Å². The fourth-order valence-electron chi connectivity index (χ4n) is 3.09. The van der Waals surface area contributed by atoms with E-state index in [0.29, 0.717) is 0 Å². The molecule has 1 fully saturated rings. The van der Waals surface area contributed by atoms with E-state index in [2.05, 4.69) is 23.9 Å². The Bertz CT molecular complexity index is 582. The Balaban J connectivity index is 1.99. The van der Waals surface area contributed by atoms with Gasteiger partial charge in [0.15, 0.2) is 0 Å². The minimum atomic E-state index is -3.27. The van der Waals surface area contributed by atoms with Crippen molar-refractivity contribution in [2.45, 2.75) is 51.4 Å². The Morgan fingerprint density at radius 1 is 1.29 bits per heavy atom. The first kappa shape index (κ1) is 16.5. The number of hydrogen-bond donors (Lipinski definition) is 2. The average molecular weight is 310 g/mol. The molecule has 4 nitrogen and oxygen atoms in total. The third-order valence-electron chi connectivity index (χ3n) is 4.04. The van der Waals surface area contributed by atoms with Gasteiger partial charge in [0.2, 0.25) is 10.0 Å². The predicted octanol–water partition coefficient (Wildman–Crippen LogP) is 2.40. The van der Waals surface area contributed by atoms with E-state index in [1.54, 1.807) is 0 Å². The summed E-state index contributed by atoms with van der Waals surface area (Å²) in [6.45, 7) is 5.14. The Labute approximate surface area is 128 Å². The maximum absolute atomic E-state index is 12.3. The molecule has 1 aliphatic rings. The summed E-state index contributed by atoms with van der Waals surface area (Å²) in [5.41, 5.74) is 2.19. The molecule has 0 spiro atoms. The lowest BCUT2D eigenvalue weighted by atomic mass is 9.92. The molecule has 0 amide bonds. The summed E-state index contributed by atoms with van der Waals surface area (Å²) < 4.78 is 27.5. The fraction of sp³-hybridized carbons (Fsp3) is 0.625. The Kier molecular flexibility index (Phi) is 5.07. The minimum Gasteiger partial charge on any atom is -0.316 e. The van der Waals surface area contributed by atoms with E-state index in [9.17, 15) is 8.42 Å². The maximum atomic E-state index is 12.3. The number of sulfonamides is 1. The van der Waals surface area contributed by atoms with Crippen molar-refractivity contribution in [1.29, 1.82) is 0 Å². The molecule has 1 atom stereocenters. The number of hydrogen-bond acceptors (Lipinski definition) is 3. The highest BCUT2D eigenvalue weighted by molar-refractivity contribution is 7.88. The van der Waals surface area contributed by atoms with Crippen LogP contribution in [0.1, 0.15) is 44.2 Å². The van der Waals surface area contributed by atoms with Crippen molar-refractivity contribution in [1.82, 2.24) is 10.0 Å². The van der Waals surface area contributed by atoms with Crippen molar-refractivity contribution in [2.75, 3.05) is 7.05 Å². The lowest BCUT2D eigenvalue weighted by molar-refractivity contribution is 0.372. The van der Waals surface area contributed by atoms with E-state index in [0.717, 1.165) is 36.9 Å². The van der Waals surface area contributed by atoms with Crippen LogP contribution in [0, 0.1) is 5.41 Å². The van der Waals surface area contributed by atoms with Gasteiger partial charge in [-0.2, -0.15) is 0 Å². The molecule has 2 rings (SSSR count). The molecule has 1 aromatic rings. The van der Waals surface area contributed by atoms with Gasteiger partial charge in [-0.1, -0.05) is 38.1 Å². The molecule has 1 aromatic carbocycles. The van der Waals surface area contributed by atoms with Gasteiger partial charge in [0.1, 0.15) is 0 Å². The van der Waals surface area contributed by atoms with Crippen LogP contribution in [0.5, 0.6) is 0 Å². The second-order valence-electron chi connectivity index (χ2n) is 6.83. The van der Waals surface area contributed by atoms with Crippen LogP contribution in [-0.4, -0.2) is 21.5 Å². The summed E-state index contributed by atoms with van der Waals surface area (Å²) in [6.07, 6.45) is 2.94. The summed E-state index contributed by atoms with van der Waals surface area (Å²) in [5.74, 6) is 0.0570. The lowest BCUT2D eigenvalue weighted by Gasteiger charge is -2.18. The van der Waals surface area contributed by atoms with Gasteiger partial charge in [-0.15, -0.1) is 0 Å². The van der Waals surface area contributed by atoms with E-state index in [1.165, 1.54) is 0 Å². The van der Waals surface area contributed by atoms with Crippen LogP contribution >= 0.6 is 0 Å². The van der Waals surface area contributed by atoms with Crippen molar-refractivity contribution in [3.63, 3.8) is 0 Å². The van der Waals surface area contributed by atoms with Gasteiger partial charge in [-0.25, -0.2) is 13.1 Å². The summed E-state index contributed by atoms with van der Waals surface area (Å²) in [4.78, 5) is 0. The van der Waals surface area contributed by atoms with Crippen molar-refractivity contribution >= 4 is 10.0 Å². The molecule has 2 N–H and O–H groups in total. The topological polar surface area (TPSA) is 58.2 Å². The minimum absolute atomic E-state index is 0.0570. The molecule has 21 heavy (non-hydrogen) atoms. The maximum Gasteiger partial charge on any atom is 0.216 e. The third kappa shape index (κ3) is 5.09. The molecular formula is C16H26N2O2S. The molecule has 0 radical (unpaired) electrons. The van der Waals surface area contributed by atoms with Gasteiger partial charge in [-0.3, -0.25) is 0 Å². The van der Waals surface area contributed by atoms with E-state index in [4.69, 9.17) is 0 Å². The van der Waals surface area contributed by atoms with Gasteiger partial charge < -0.3 is 5.32 Å². The SMILES string of the molecule is CNCc1cccc(CS(=O)(=O)NC2CCC(C)(C)C2)c1. The summed E-state index contributed by atoms with van der Waals surface area (Å²) in [5, 5.41) is 3.08. The first-order valence-electron chi connectivity index (χ1n) is 7.52. The zero-order valence-corrected chi connectivity index (χ0v) is 14.0. The number of rotatable bonds is 6. The number of benzene rings is 1. The molecule has 0 aromatic heterocycles.